The Morgan fingerprint density at radius 3 is 2.00 bits per heavy atom. The molecule has 0 bridgehead atoms. The molecule has 5 nitrogen and oxygen atoms in total. The Balaban J connectivity index is 2.70. The predicted molar refractivity (Wildman–Crippen MR) is 99.4 cm³/mol. The van der Waals surface area contributed by atoms with E-state index in [0.717, 1.165) is 38.5 Å². The molecule has 0 aliphatic carbocycles. The lowest BCUT2D eigenvalue weighted by Gasteiger charge is -2.42. The first kappa shape index (κ1) is 23.2. The minimum Gasteiger partial charge on any atom is -0.379 e. The van der Waals surface area contributed by atoms with Crippen LogP contribution in [0.15, 0.2) is 0 Å². The molecular weight excluding hydrogens is 346 g/mol. The Morgan fingerprint density at radius 2 is 1.44 bits per heavy atom. The molecule has 0 aromatic carbocycles. The number of hydrogen-bond donors (Lipinski definition) is 0. The van der Waals surface area contributed by atoms with E-state index in [9.17, 15) is 0 Å². The van der Waals surface area contributed by atoms with E-state index in [2.05, 4.69) is 30.2 Å². The number of halogens is 1. The van der Waals surface area contributed by atoms with Gasteiger partial charge in [-0.1, -0.05) is 40.0 Å². The molecule has 0 amide bonds. The van der Waals surface area contributed by atoms with Crippen molar-refractivity contribution in [1.29, 1.82) is 0 Å². The minimum absolute atomic E-state index is 0.195. The van der Waals surface area contributed by atoms with Gasteiger partial charge >= 0.3 is 0 Å². The van der Waals surface area contributed by atoms with E-state index in [-0.39, 0.29) is 6.61 Å². The normalized spacial score (nSPS) is 29.9. The predicted octanol–water partition coefficient (Wildman–Crippen LogP) is 4.04. The summed E-state index contributed by atoms with van der Waals surface area (Å²) in [5.41, 5.74) is 0. The van der Waals surface area contributed by atoms with Gasteiger partial charge in [0.05, 0.1) is 6.61 Å². The molecule has 1 aliphatic heterocycles. The SMILES string of the molecule is CCCCOCC1O[C@@H](OP)C(OCCCC)C(OCCCC)[C@@H]1F. The zero-order valence-electron chi connectivity index (χ0n) is 16.0. The van der Waals surface area contributed by atoms with Crippen LogP contribution in [0.3, 0.4) is 0 Å². The number of ether oxygens (including phenoxy) is 4. The van der Waals surface area contributed by atoms with Crippen molar-refractivity contribution < 1.29 is 27.9 Å². The fourth-order valence-electron chi connectivity index (χ4n) is 2.65. The molecule has 0 radical (unpaired) electrons. The molecule has 0 saturated carbocycles. The molecule has 6 atom stereocenters. The minimum atomic E-state index is -1.30. The van der Waals surface area contributed by atoms with Crippen LogP contribution >= 0.6 is 9.47 Å². The molecule has 150 valence electrons. The van der Waals surface area contributed by atoms with Crippen LogP contribution < -0.4 is 0 Å². The highest BCUT2D eigenvalue weighted by atomic mass is 31.0. The van der Waals surface area contributed by atoms with Gasteiger partial charge in [0.2, 0.25) is 0 Å². The smallest absolute Gasteiger partial charge is 0.189 e. The maximum Gasteiger partial charge on any atom is 0.189 e. The summed E-state index contributed by atoms with van der Waals surface area (Å²) in [5.74, 6) is 0. The molecular formula is C18H36FO5P. The maximum atomic E-state index is 15.0. The summed E-state index contributed by atoms with van der Waals surface area (Å²) in [6.45, 7) is 8.09. The highest BCUT2D eigenvalue weighted by Gasteiger charge is 2.48. The van der Waals surface area contributed by atoms with Gasteiger partial charge in [-0.2, -0.15) is 0 Å². The molecule has 4 unspecified atom stereocenters. The molecule has 0 aromatic rings. The Labute approximate surface area is 154 Å². The van der Waals surface area contributed by atoms with Crippen LogP contribution in [0.5, 0.6) is 0 Å². The second kappa shape index (κ2) is 14.2. The van der Waals surface area contributed by atoms with Crippen molar-refractivity contribution in [2.45, 2.75) is 90.1 Å². The third-order valence-electron chi connectivity index (χ3n) is 4.24. The van der Waals surface area contributed by atoms with Crippen molar-refractivity contribution in [3.8, 4) is 0 Å². The van der Waals surface area contributed by atoms with Crippen molar-refractivity contribution in [3.63, 3.8) is 0 Å². The maximum absolute atomic E-state index is 15.0. The van der Waals surface area contributed by atoms with Crippen LogP contribution in [0.4, 0.5) is 4.39 Å². The van der Waals surface area contributed by atoms with Crippen LogP contribution in [0.2, 0.25) is 0 Å². The molecule has 25 heavy (non-hydrogen) atoms. The Hall–Kier alpha value is 0.160. The average molecular weight is 382 g/mol. The van der Waals surface area contributed by atoms with Crippen molar-refractivity contribution in [2.24, 2.45) is 0 Å². The van der Waals surface area contributed by atoms with E-state index < -0.39 is 30.8 Å². The topological polar surface area (TPSA) is 46.2 Å². The Bertz CT molecular complexity index is 324. The Kier molecular flexibility index (Phi) is 13.2. The summed E-state index contributed by atoms with van der Waals surface area (Å²) in [4.78, 5) is 0. The van der Waals surface area contributed by atoms with Gasteiger partial charge in [0.15, 0.2) is 12.5 Å². The second-order valence-corrected chi connectivity index (χ2v) is 6.70. The molecule has 1 aliphatic rings. The summed E-state index contributed by atoms with van der Waals surface area (Å²) in [6.07, 6.45) is 1.80. The molecule has 1 fully saturated rings. The van der Waals surface area contributed by atoms with E-state index in [1.807, 2.05) is 0 Å². The molecule has 1 rings (SSSR count). The number of rotatable bonds is 14. The van der Waals surface area contributed by atoms with Crippen LogP contribution in [0, 0.1) is 0 Å². The van der Waals surface area contributed by atoms with Gasteiger partial charge in [-0.05, 0) is 19.3 Å². The first-order valence-electron chi connectivity index (χ1n) is 9.65. The standard InChI is InChI=1S/C18H36FO5P/c1-4-7-10-20-13-14-15(19)16(21-11-8-5-2)17(18(23-14)24-25)22-12-9-6-3/h14-18H,4-13,25H2,1-3H3/t14?,15-,16?,17?,18+/m1/s1. The van der Waals surface area contributed by atoms with Crippen molar-refractivity contribution >= 4 is 9.47 Å². The van der Waals surface area contributed by atoms with Crippen molar-refractivity contribution in [2.75, 3.05) is 26.4 Å². The van der Waals surface area contributed by atoms with Gasteiger partial charge in [-0.25, -0.2) is 4.39 Å². The molecule has 1 saturated heterocycles. The summed E-state index contributed by atoms with van der Waals surface area (Å²) in [6, 6.07) is 0. The van der Waals surface area contributed by atoms with Gasteiger partial charge in [0.1, 0.15) is 18.3 Å². The summed E-state index contributed by atoms with van der Waals surface area (Å²) < 4.78 is 43.4. The molecule has 0 N–H and O–H groups in total. The molecule has 0 aromatic heterocycles. The van der Waals surface area contributed by atoms with Gasteiger partial charge in [-0.3, -0.25) is 0 Å². The van der Waals surface area contributed by atoms with E-state index in [0.29, 0.717) is 19.8 Å². The summed E-state index contributed by atoms with van der Waals surface area (Å²) in [7, 11) is 2.19. The van der Waals surface area contributed by atoms with Crippen molar-refractivity contribution in [1.82, 2.24) is 0 Å². The summed E-state index contributed by atoms with van der Waals surface area (Å²) >= 11 is 0. The zero-order valence-corrected chi connectivity index (χ0v) is 17.1. The molecule has 0 spiro atoms. The van der Waals surface area contributed by atoms with E-state index in [1.165, 1.54) is 0 Å². The highest BCUT2D eigenvalue weighted by molar-refractivity contribution is 7.09. The average Bonchev–Trinajstić information content (AvgIpc) is 2.62. The van der Waals surface area contributed by atoms with Crippen LogP contribution in [-0.2, 0) is 23.5 Å². The van der Waals surface area contributed by atoms with E-state index in [4.69, 9.17) is 23.5 Å². The number of hydrogen-bond acceptors (Lipinski definition) is 5. The largest absolute Gasteiger partial charge is 0.379 e. The molecule has 1 heterocycles. The van der Waals surface area contributed by atoms with E-state index in [1.54, 1.807) is 0 Å². The lowest BCUT2D eigenvalue weighted by Crippen LogP contribution is -2.59. The van der Waals surface area contributed by atoms with Gasteiger partial charge in [0.25, 0.3) is 0 Å². The second-order valence-electron chi connectivity index (χ2n) is 6.43. The van der Waals surface area contributed by atoms with Crippen LogP contribution in [0.1, 0.15) is 59.3 Å². The molecule has 7 heteroatoms. The van der Waals surface area contributed by atoms with Gasteiger partial charge in [0, 0.05) is 29.3 Å². The van der Waals surface area contributed by atoms with Crippen LogP contribution in [0.25, 0.3) is 0 Å². The first-order chi connectivity index (χ1) is 12.2. The monoisotopic (exact) mass is 382 g/mol. The number of unbranched alkanes of at least 4 members (excludes halogenated alkanes) is 3. The van der Waals surface area contributed by atoms with Crippen LogP contribution in [-0.4, -0.2) is 57.2 Å². The highest BCUT2D eigenvalue weighted by Crippen LogP contribution is 2.30. The fourth-order valence-corrected chi connectivity index (χ4v) is 2.87. The fraction of sp³-hybridized carbons (Fsp3) is 1.00. The number of alkyl halides is 1. The third kappa shape index (κ3) is 8.15. The lowest BCUT2D eigenvalue weighted by molar-refractivity contribution is -0.283. The third-order valence-corrected chi connectivity index (χ3v) is 4.51. The van der Waals surface area contributed by atoms with Gasteiger partial charge in [-0.15, -0.1) is 0 Å². The summed E-state index contributed by atoms with van der Waals surface area (Å²) in [5, 5.41) is 0. The lowest BCUT2D eigenvalue weighted by atomic mass is 10.00. The van der Waals surface area contributed by atoms with Gasteiger partial charge < -0.3 is 23.5 Å². The Morgan fingerprint density at radius 1 is 0.880 bits per heavy atom. The quantitative estimate of drug-likeness (QED) is 0.335. The van der Waals surface area contributed by atoms with E-state index >= 15 is 4.39 Å². The van der Waals surface area contributed by atoms with Crippen molar-refractivity contribution in [3.05, 3.63) is 0 Å². The first-order valence-corrected chi connectivity index (χ1v) is 10.1. The zero-order chi connectivity index (χ0) is 18.5.